The highest BCUT2D eigenvalue weighted by Crippen LogP contribution is 2.35. The standard InChI is InChI=1S/C34H37IN4O6/c1-6-44-30-17-23(16-27(35)32(30)45-20-31(40)38-11-13-43-14-12-38)19-36-39-33(37-28-10-8-7-9-24(28)34(39)41)26-18-25(21(2)3)29(42-5)15-22(26)4/h7-10,15-19,21H,6,11-14,20H2,1-5H3. The van der Waals surface area contributed by atoms with Gasteiger partial charge in [0.15, 0.2) is 23.9 Å². The Morgan fingerprint density at radius 1 is 1.11 bits per heavy atom. The van der Waals surface area contributed by atoms with Crippen LogP contribution in [0.1, 0.15) is 43.4 Å². The molecule has 1 saturated heterocycles. The van der Waals surface area contributed by atoms with Crippen molar-refractivity contribution in [2.45, 2.75) is 33.6 Å². The summed E-state index contributed by atoms with van der Waals surface area (Å²) in [7, 11) is 1.66. The van der Waals surface area contributed by atoms with Crippen molar-refractivity contribution in [2.24, 2.45) is 5.10 Å². The molecule has 0 spiro atoms. The van der Waals surface area contributed by atoms with Crippen molar-refractivity contribution in [1.29, 1.82) is 0 Å². The third kappa shape index (κ3) is 7.14. The predicted octanol–water partition coefficient (Wildman–Crippen LogP) is 5.63. The molecule has 2 heterocycles. The molecule has 1 aromatic heterocycles. The number of aromatic nitrogens is 2. The SMILES string of the molecule is CCOc1cc(C=Nn2c(-c3cc(C(C)C)c(OC)cc3C)nc3ccccc3c2=O)cc(I)c1OCC(=O)N1CCOCC1. The maximum atomic E-state index is 13.9. The number of methoxy groups -OCH3 is 1. The van der Waals surface area contributed by atoms with Crippen LogP contribution >= 0.6 is 22.6 Å². The summed E-state index contributed by atoms with van der Waals surface area (Å²) in [5.41, 5.74) is 3.70. The molecular weight excluding hydrogens is 687 g/mol. The summed E-state index contributed by atoms with van der Waals surface area (Å²) in [5, 5.41) is 5.15. The van der Waals surface area contributed by atoms with Gasteiger partial charge in [0.1, 0.15) is 5.75 Å². The molecule has 0 unspecified atom stereocenters. The molecule has 10 nitrogen and oxygen atoms in total. The molecule has 236 valence electrons. The fourth-order valence-electron chi connectivity index (χ4n) is 5.20. The number of ether oxygens (including phenoxy) is 4. The van der Waals surface area contributed by atoms with Crippen molar-refractivity contribution in [3.63, 3.8) is 0 Å². The maximum Gasteiger partial charge on any atom is 0.282 e. The molecule has 1 amide bonds. The first kappa shape index (κ1) is 32.4. The Balaban J connectivity index is 1.55. The van der Waals surface area contributed by atoms with Crippen molar-refractivity contribution >= 4 is 45.6 Å². The molecule has 0 aliphatic carbocycles. The lowest BCUT2D eigenvalue weighted by atomic mass is 9.96. The van der Waals surface area contributed by atoms with E-state index in [1.54, 1.807) is 30.4 Å². The molecule has 11 heteroatoms. The third-order valence-corrected chi connectivity index (χ3v) is 8.35. The first-order valence-electron chi connectivity index (χ1n) is 14.9. The normalized spacial score (nSPS) is 13.5. The first-order chi connectivity index (χ1) is 21.7. The number of fused-ring (bicyclic) bond motifs is 1. The molecule has 0 N–H and O–H groups in total. The Labute approximate surface area is 276 Å². The van der Waals surface area contributed by atoms with Crippen LogP contribution in [0.15, 0.2) is 58.4 Å². The summed E-state index contributed by atoms with van der Waals surface area (Å²) in [6.07, 6.45) is 1.61. The second-order valence-electron chi connectivity index (χ2n) is 10.9. The van der Waals surface area contributed by atoms with Crippen molar-refractivity contribution < 1.29 is 23.7 Å². The average molecular weight is 725 g/mol. The average Bonchev–Trinajstić information content (AvgIpc) is 3.04. The van der Waals surface area contributed by atoms with E-state index >= 15 is 0 Å². The highest BCUT2D eigenvalue weighted by Gasteiger charge is 2.21. The van der Waals surface area contributed by atoms with E-state index in [4.69, 9.17) is 23.9 Å². The molecule has 1 aliphatic rings. The number of morpholine rings is 1. The zero-order valence-corrected chi connectivity index (χ0v) is 28.3. The molecule has 5 rings (SSSR count). The largest absolute Gasteiger partial charge is 0.496 e. The number of halogens is 1. The van der Waals surface area contributed by atoms with Crippen LogP contribution in [0, 0.1) is 10.5 Å². The summed E-state index contributed by atoms with van der Waals surface area (Å²) in [6.45, 7) is 10.5. The summed E-state index contributed by atoms with van der Waals surface area (Å²) in [6, 6.07) is 14.9. The van der Waals surface area contributed by atoms with E-state index in [1.165, 1.54) is 4.68 Å². The van der Waals surface area contributed by atoms with E-state index < -0.39 is 0 Å². The van der Waals surface area contributed by atoms with Crippen molar-refractivity contribution in [2.75, 3.05) is 46.6 Å². The highest BCUT2D eigenvalue weighted by atomic mass is 127. The monoisotopic (exact) mass is 724 g/mol. The summed E-state index contributed by atoms with van der Waals surface area (Å²) >= 11 is 2.16. The lowest BCUT2D eigenvalue weighted by Gasteiger charge is -2.27. The second kappa shape index (κ2) is 14.4. The fourth-order valence-corrected chi connectivity index (χ4v) is 5.98. The number of rotatable bonds is 10. The van der Waals surface area contributed by atoms with Crippen LogP contribution in [0.3, 0.4) is 0 Å². The Bertz CT molecular complexity index is 1800. The van der Waals surface area contributed by atoms with Gasteiger partial charge in [-0.05, 0) is 95.4 Å². The number of hydrogen-bond donors (Lipinski definition) is 0. The molecule has 1 fully saturated rings. The van der Waals surface area contributed by atoms with Gasteiger partial charge in [-0.25, -0.2) is 4.98 Å². The van der Waals surface area contributed by atoms with Gasteiger partial charge in [0.05, 0.1) is 47.6 Å². The minimum Gasteiger partial charge on any atom is -0.496 e. The van der Waals surface area contributed by atoms with Gasteiger partial charge in [0.25, 0.3) is 11.5 Å². The fraction of sp³-hybridized carbons (Fsp3) is 0.353. The minimum atomic E-state index is -0.283. The Morgan fingerprint density at radius 2 is 1.87 bits per heavy atom. The summed E-state index contributed by atoms with van der Waals surface area (Å²) < 4.78 is 25.0. The van der Waals surface area contributed by atoms with Gasteiger partial charge in [0.2, 0.25) is 0 Å². The van der Waals surface area contributed by atoms with E-state index in [2.05, 4.69) is 41.5 Å². The van der Waals surface area contributed by atoms with Gasteiger partial charge in [-0.2, -0.15) is 9.78 Å². The minimum absolute atomic E-state index is 0.104. The number of amides is 1. The molecule has 0 atom stereocenters. The summed E-state index contributed by atoms with van der Waals surface area (Å²) in [4.78, 5) is 33.2. The Kier molecular flexibility index (Phi) is 10.4. The Morgan fingerprint density at radius 3 is 2.58 bits per heavy atom. The van der Waals surface area contributed by atoms with Crippen LogP contribution in [0.5, 0.6) is 17.2 Å². The predicted molar refractivity (Wildman–Crippen MR) is 183 cm³/mol. The van der Waals surface area contributed by atoms with Gasteiger partial charge < -0.3 is 23.8 Å². The van der Waals surface area contributed by atoms with E-state index in [0.29, 0.717) is 66.7 Å². The van der Waals surface area contributed by atoms with Crippen molar-refractivity contribution in [1.82, 2.24) is 14.6 Å². The van der Waals surface area contributed by atoms with Gasteiger partial charge in [0, 0.05) is 18.7 Å². The number of carbonyl (C=O) groups is 1. The van der Waals surface area contributed by atoms with Gasteiger partial charge in [-0.15, -0.1) is 0 Å². The van der Waals surface area contributed by atoms with Crippen LogP contribution in [-0.2, 0) is 9.53 Å². The molecule has 0 radical (unpaired) electrons. The van der Waals surface area contributed by atoms with Crippen LogP contribution in [0.25, 0.3) is 22.3 Å². The zero-order valence-electron chi connectivity index (χ0n) is 26.1. The number of benzene rings is 3. The molecule has 0 saturated carbocycles. The third-order valence-electron chi connectivity index (χ3n) is 7.55. The van der Waals surface area contributed by atoms with Gasteiger partial charge >= 0.3 is 0 Å². The topological polar surface area (TPSA) is 104 Å². The number of carbonyl (C=O) groups excluding carboxylic acids is 1. The number of hydrogen-bond acceptors (Lipinski definition) is 8. The van der Waals surface area contributed by atoms with Gasteiger partial charge in [-0.3, -0.25) is 9.59 Å². The first-order valence-corrected chi connectivity index (χ1v) is 16.0. The Hall–Kier alpha value is -3.97. The zero-order chi connectivity index (χ0) is 32.1. The quantitative estimate of drug-likeness (QED) is 0.154. The lowest BCUT2D eigenvalue weighted by molar-refractivity contribution is -0.137. The second-order valence-corrected chi connectivity index (χ2v) is 12.1. The number of aryl methyl sites for hydroxylation is 1. The van der Waals surface area contributed by atoms with E-state index in [1.807, 2.05) is 50.2 Å². The van der Waals surface area contributed by atoms with Crippen molar-refractivity contribution in [3.8, 4) is 28.6 Å². The smallest absolute Gasteiger partial charge is 0.282 e. The molecular formula is C34H37IN4O6. The molecule has 1 aliphatic heterocycles. The van der Waals surface area contributed by atoms with Crippen LogP contribution in [0.2, 0.25) is 0 Å². The van der Waals surface area contributed by atoms with E-state index in [0.717, 1.165) is 26.0 Å². The van der Waals surface area contributed by atoms with E-state index in [9.17, 15) is 9.59 Å². The molecule has 4 aromatic rings. The van der Waals surface area contributed by atoms with Crippen molar-refractivity contribution in [3.05, 3.63) is 79.1 Å². The number of para-hydroxylation sites is 1. The van der Waals surface area contributed by atoms with Crippen LogP contribution in [0.4, 0.5) is 0 Å². The van der Waals surface area contributed by atoms with E-state index in [-0.39, 0.29) is 24.0 Å². The summed E-state index contributed by atoms with van der Waals surface area (Å²) in [5.74, 6) is 2.27. The van der Waals surface area contributed by atoms with Gasteiger partial charge in [-0.1, -0.05) is 26.0 Å². The maximum absolute atomic E-state index is 13.9. The highest BCUT2D eigenvalue weighted by molar-refractivity contribution is 14.1. The molecule has 3 aromatic carbocycles. The van der Waals surface area contributed by atoms with Crippen LogP contribution in [-0.4, -0.2) is 73.3 Å². The number of nitrogens with zero attached hydrogens (tertiary/aromatic N) is 4. The lowest BCUT2D eigenvalue weighted by Crippen LogP contribution is -2.43. The van der Waals surface area contributed by atoms with Crippen LogP contribution < -0.4 is 19.8 Å². The molecule has 45 heavy (non-hydrogen) atoms. The molecule has 0 bridgehead atoms.